The Bertz CT molecular complexity index is 403. The number of nitrogens with one attached hydrogen (secondary N) is 1. The molecule has 0 aromatic rings. The molecule has 2 heterocycles. The van der Waals surface area contributed by atoms with Gasteiger partial charge >= 0.3 is 18.9 Å². The Hall–Kier alpha value is -0.310. The maximum absolute atomic E-state index is 13.2. The monoisotopic (exact) mass is 347 g/mol. The molecule has 2 aliphatic rings. The standard InChI is InChI=1S/C10H17ClF2N3O4P/c11-10(12,13)9(17)14-21(18,15-1-5-19-6-2-15)16-3-7-20-8-4-16/h1-8H2,(H,14,17,18). The molecule has 122 valence electrons. The van der Waals surface area contributed by atoms with Gasteiger partial charge in [0, 0.05) is 26.2 Å². The normalized spacial score (nSPS) is 23.0. The molecule has 2 aliphatic heterocycles. The number of alkyl halides is 3. The summed E-state index contributed by atoms with van der Waals surface area (Å²) in [6.07, 6.45) is 0. The summed E-state index contributed by atoms with van der Waals surface area (Å²) in [6.45, 7) is 2.41. The molecule has 2 saturated heterocycles. The highest BCUT2D eigenvalue weighted by Crippen LogP contribution is 2.50. The van der Waals surface area contributed by atoms with Crippen LogP contribution >= 0.6 is 19.2 Å². The fourth-order valence-corrected chi connectivity index (χ4v) is 4.74. The summed E-state index contributed by atoms with van der Waals surface area (Å²) in [5.74, 6) is -1.76. The minimum atomic E-state index is -4.10. The van der Waals surface area contributed by atoms with Gasteiger partial charge in [0.05, 0.1) is 26.4 Å². The van der Waals surface area contributed by atoms with Crippen molar-refractivity contribution in [2.75, 3.05) is 52.6 Å². The number of morpholine rings is 2. The maximum Gasteiger partial charge on any atom is 0.400 e. The lowest BCUT2D eigenvalue weighted by atomic mass is 10.5. The van der Waals surface area contributed by atoms with Crippen LogP contribution < -0.4 is 5.09 Å². The van der Waals surface area contributed by atoms with E-state index in [4.69, 9.17) is 21.1 Å². The third-order valence-corrected chi connectivity index (χ3v) is 6.25. The largest absolute Gasteiger partial charge is 0.400 e. The van der Waals surface area contributed by atoms with Gasteiger partial charge in [0.25, 0.3) is 0 Å². The maximum atomic E-state index is 13.2. The first-order valence-electron chi connectivity index (χ1n) is 6.50. The van der Waals surface area contributed by atoms with E-state index in [-0.39, 0.29) is 26.2 Å². The lowest BCUT2D eigenvalue weighted by Crippen LogP contribution is -2.50. The minimum absolute atomic E-state index is 0.281. The molecular weight excluding hydrogens is 331 g/mol. The van der Waals surface area contributed by atoms with Crippen LogP contribution in [0, 0.1) is 0 Å². The van der Waals surface area contributed by atoms with Crippen LogP contribution in [0.15, 0.2) is 0 Å². The molecule has 11 heteroatoms. The average molecular weight is 348 g/mol. The van der Waals surface area contributed by atoms with Crippen molar-refractivity contribution in [2.24, 2.45) is 0 Å². The summed E-state index contributed by atoms with van der Waals surface area (Å²) >= 11 is 4.71. The molecule has 0 aliphatic carbocycles. The second-order valence-corrected chi connectivity index (χ2v) is 7.53. The zero-order valence-electron chi connectivity index (χ0n) is 11.3. The Balaban J connectivity index is 2.20. The van der Waals surface area contributed by atoms with Gasteiger partial charge in [-0.15, -0.1) is 0 Å². The molecule has 0 aromatic carbocycles. The second kappa shape index (κ2) is 6.85. The molecule has 0 aromatic heterocycles. The Morgan fingerprint density at radius 1 is 1.05 bits per heavy atom. The van der Waals surface area contributed by atoms with Crippen molar-refractivity contribution in [3.05, 3.63) is 0 Å². The lowest BCUT2D eigenvalue weighted by molar-refractivity contribution is -0.134. The van der Waals surface area contributed by atoms with E-state index < -0.39 is 18.9 Å². The van der Waals surface area contributed by atoms with Crippen LogP contribution in [0.3, 0.4) is 0 Å². The van der Waals surface area contributed by atoms with Crippen molar-refractivity contribution < 1.29 is 27.6 Å². The number of carbonyl (C=O) groups is 1. The van der Waals surface area contributed by atoms with E-state index in [2.05, 4.69) is 0 Å². The smallest absolute Gasteiger partial charge is 0.379 e. The zero-order chi connectivity index (χ0) is 15.5. The fraction of sp³-hybridized carbons (Fsp3) is 0.900. The number of ether oxygens (including phenoxy) is 2. The number of rotatable bonds is 4. The molecule has 0 bridgehead atoms. The van der Waals surface area contributed by atoms with Gasteiger partial charge in [0.1, 0.15) is 0 Å². The summed E-state index contributed by atoms with van der Waals surface area (Å²) in [6, 6.07) is 0. The van der Waals surface area contributed by atoms with Crippen LogP contribution in [0.1, 0.15) is 0 Å². The van der Waals surface area contributed by atoms with E-state index in [9.17, 15) is 18.1 Å². The van der Waals surface area contributed by atoms with E-state index in [1.165, 1.54) is 9.34 Å². The summed E-state index contributed by atoms with van der Waals surface area (Å²) in [5.41, 5.74) is 0. The van der Waals surface area contributed by atoms with Gasteiger partial charge in [-0.2, -0.15) is 8.78 Å². The Morgan fingerprint density at radius 3 is 1.76 bits per heavy atom. The molecule has 2 fully saturated rings. The highest BCUT2D eigenvalue weighted by atomic mass is 35.5. The quantitative estimate of drug-likeness (QED) is 0.596. The average Bonchev–Trinajstić information content (AvgIpc) is 2.48. The predicted molar refractivity (Wildman–Crippen MR) is 71.3 cm³/mol. The van der Waals surface area contributed by atoms with Gasteiger partial charge in [-0.25, -0.2) is 9.34 Å². The van der Waals surface area contributed by atoms with Crippen LogP contribution in [-0.4, -0.2) is 73.2 Å². The van der Waals surface area contributed by atoms with Gasteiger partial charge in [-0.1, -0.05) is 0 Å². The summed E-state index contributed by atoms with van der Waals surface area (Å²) in [4.78, 5) is 11.5. The van der Waals surface area contributed by atoms with E-state index >= 15 is 0 Å². The van der Waals surface area contributed by atoms with Crippen LogP contribution in [0.5, 0.6) is 0 Å². The van der Waals surface area contributed by atoms with Crippen LogP contribution in [-0.2, 0) is 18.8 Å². The van der Waals surface area contributed by atoms with Gasteiger partial charge in [-0.3, -0.25) is 14.4 Å². The Morgan fingerprint density at radius 2 is 1.43 bits per heavy atom. The van der Waals surface area contributed by atoms with Gasteiger partial charge in [0.15, 0.2) is 0 Å². The molecule has 21 heavy (non-hydrogen) atoms. The summed E-state index contributed by atoms with van der Waals surface area (Å²) in [5, 5.41) is -2.15. The molecule has 0 spiro atoms. The number of hydrogen-bond donors (Lipinski definition) is 1. The van der Waals surface area contributed by atoms with Gasteiger partial charge in [0.2, 0.25) is 0 Å². The van der Waals surface area contributed by atoms with E-state index in [1.807, 2.05) is 5.09 Å². The highest BCUT2D eigenvalue weighted by molar-refractivity contribution is 7.57. The van der Waals surface area contributed by atoms with Gasteiger partial charge < -0.3 is 9.47 Å². The SMILES string of the molecule is O=C(NP(=O)(N1CCOCC1)N1CCOCC1)C(F)(F)Cl. The second-order valence-electron chi connectivity index (χ2n) is 4.61. The van der Waals surface area contributed by atoms with Crippen molar-refractivity contribution in [2.45, 2.75) is 5.38 Å². The third-order valence-electron chi connectivity index (χ3n) is 3.25. The molecule has 0 unspecified atom stereocenters. The molecule has 2 rings (SSSR count). The predicted octanol–water partition coefficient (Wildman–Crippen LogP) is 0.707. The number of halogens is 3. The third kappa shape index (κ3) is 4.12. The van der Waals surface area contributed by atoms with E-state index in [0.29, 0.717) is 26.4 Å². The molecule has 1 amide bonds. The molecule has 0 saturated carbocycles. The van der Waals surface area contributed by atoms with E-state index in [0.717, 1.165) is 0 Å². The van der Waals surface area contributed by atoms with Crippen molar-refractivity contribution >= 4 is 25.1 Å². The van der Waals surface area contributed by atoms with Gasteiger partial charge in [-0.05, 0) is 11.6 Å². The van der Waals surface area contributed by atoms with Crippen LogP contribution in [0.25, 0.3) is 0 Å². The molecule has 0 radical (unpaired) electrons. The Labute approximate surface area is 126 Å². The fourth-order valence-electron chi connectivity index (χ4n) is 2.17. The number of hydrogen-bond acceptors (Lipinski definition) is 4. The lowest BCUT2D eigenvalue weighted by Gasteiger charge is -2.41. The number of carbonyl (C=O) groups excluding carboxylic acids is 1. The highest BCUT2D eigenvalue weighted by Gasteiger charge is 2.46. The first-order valence-corrected chi connectivity index (χ1v) is 8.49. The minimum Gasteiger partial charge on any atom is -0.379 e. The topological polar surface area (TPSA) is 71.1 Å². The molecule has 7 nitrogen and oxygen atoms in total. The van der Waals surface area contributed by atoms with Crippen LogP contribution in [0.2, 0.25) is 0 Å². The summed E-state index contributed by atoms with van der Waals surface area (Å²) in [7, 11) is -3.68. The van der Waals surface area contributed by atoms with Crippen molar-refractivity contribution in [1.29, 1.82) is 0 Å². The first-order chi connectivity index (χ1) is 9.84. The first kappa shape index (κ1) is 17.1. The zero-order valence-corrected chi connectivity index (χ0v) is 12.9. The number of nitrogens with zero attached hydrogens (tertiary/aromatic N) is 2. The molecule has 1 N–H and O–H groups in total. The number of amides is 1. The van der Waals surface area contributed by atoms with Crippen LogP contribution in [0.4, 0.5) is 8.78 Å². The van der Waals surface area contributed by atoms with Crippen molar-refractivity contribution in [3.63, 3.8) is 0 Å². The molecule has 0 atom stereocenters. The molecular formula is C10H17ClF2N3O4P. The summed E-state index contributed by atoms with van der Waals surface area (Å²) < 4.78 is 52.3. The van der Waals surface area contributed by atoms with Crippen molar-refractivity contribution in [3.8, 4) is 0 Å². The Kier molecular flexibility index (Phi) is 5.56. The van der Waals surface area contributed by atoms with E-state index in [1.54, 1.807) is 0 Å². The van der Waals surface area contributed by atoms with Crippen molar-refractivity contribution in [1.82, 2.24) is 14.4 Å².